The molecule has 3 rings (SSSR count). The molecule has 2 nitrogen and oxygen atoms in total. The lowest BCUT2D eigenvalue weighted by atomic mass is 9.92. The summed E-state index contributed by atoms with van der Waals surface area (Å²) in [7, 11) is 2.03. The summed E-state index contributed by atoms with van der Waals surface area (Å²) in [5.41, 5.74) is 5.42. The Balaban J connectivity index is 1.99. The van der Waals surface area contributed by atoms with Crippen molar-refractivity contribution in [3.63, 3.8) is 0 Å². The minimum Gasteiger partial charge on any atom is -0.490 e. The van der Waals surface area contributed by atoms with Crippen molar-refractivity contribution in [2.45, 2.75) is 38.8 Å². The van der Waals surface area contributed by atoms with Crippen molar-refractivity contribution in [3.05, 3.63) is 64.7 Å². The highest BCUT2D eigenvalue weighted by Crippen LogP contribution is 2.33. The number of hydrogen-bond donors (Lipinski definition) is 1. The van der Waals surface area contributed by atoms with Crippen LogP contribution in [0.3, 0.4) is 0 Å². The van der Waals surface area contributed by atoms with Crippen molar-refractivity contribution in [1.29, 1.82) is 0 Å². The van der Waals surface area contributed by atoms with Crippen LogP contribution >= 0.6 is 0 Å². The second kappa shape index (κ2) is 5.90. The Kier molecular flexibility index (Phi) is 3.98. The average molecular weight is 281 g/mol. The van der Waals surface area contributed by atoms with Crippen LogP contribution in [0.2, 0.25) is 0 Å². The molecule has 0 radical (unpaired) electrons. The maximum atomic E-state index is 5.81. The lowest BCUT2D eigenvalue weighted by Crippen LogP contribution is -2.19. The summed E-state index contributed by atoms with van der Waals surface area (Å²) in [4.78, 5) is 0. The summed E-state index contributed by atoms with van der Waals surface area (Å²) in [6.07, 6.45) is 2.36. The van der Waals surface area contributed by atoms with Crippen LogP contribution in [0.5, 0.6) is 5.75 Å². The van der Waals surface area contributed by atoms with E-state index < -0.39 is 0 Å². The van der Waals surface area contributed by atoms with Crippen LogP contribution in [0, 0.1) is 0 Å². The largest absolute Gasteiger partial charge is 0.490 e. The van der Waals surface area contributed by atoms with Crippen molar-refractivity contribution in [1.82, 2.24) is 5.32 Å². The predicted molar refractivity (Wildman–Crippen MR) is 87.0 cm³/mol. The van der Waals surface area contributed by atoms with Crippen molar-refractivity contribution >= 4 is 0 Å². The van der Waals surface area contributed by atoms with Gasteiger partial charge in [0, 0.05) is 6.42 Å². The van der Waals surface area contributed by atoms with Crippen molar-refractivity contribution in [2.75, 3.05) is 7.05 Å². The molecule has 2 unspecified atom stereocenters. The molecule has 0 fully saturated rings. The summed E-state index contributed by atoms with van der Waals surface area (Å²) in [6.45, 7) is 4.34. The first kappa shape index (κ1) is 14.2. The van der Waals surface area contributed by atoms with Gasteiger partial charge < -0.3 is 10.1 Å². The minimum atomic E-state index is 0.238. The number of rotatable bonds is 4. The molecule has 2 aromatic carbocycles. The van der Waals surface area contributed by atoms with Crippen LogP contribution in [-0.4, -0.2) is 13.2 Å². The van der Waals surface area contributed by atoms with Gasteiger partial charge >= 0.3 is 0 Å². The van der Waals surface area contributed by atoms with Gasteiger partial charge in [-0.05, 0) is 48.7 Å². The van der Waals surface area contributed by atoms with E-state index in [1.54, 1.807) is 0 Å². The second-order valence-corrected chi connectivity index (χ2v) is 5.77. The van der Waals surface area contributed by atoms with Gasteiger partial charge in [0.25, 0.3) is 0 Å². The van der Waals surface area contributed by atoms with E-state index in [0.29, 0.717) is 6.10 Å². The zero-order chi connectivity index (χ0) is 14.8. The van der Waals surface area contributed by atoms with Crippen LogP contribution in [0.15, 0.2) is 42.5 Å². The van der Waals surface area contributed by atoms with Gasteiger partial charge in [0.2, 0.25) is 0 Å². The van der Waals surface area contributed by atoms with Crippen LogP contribution < -0.4 is 10.1 Å². The maximum Gasteiger partial charge on any atom is 0.123 e. The first-order valence-electron chi connectivity index (χ1n) is 7.77. The molecule has 2 atom stereocenters. The van der Waals surface area contributed by atoms with Crippen LogP contribution in [0.4, 0.5) is 0 Å². The van der Waals surface area contributed by atoms with E-state index in [1.165, 1.54) is 22.3 Å². The normalized spacial score (nSPS) is 18.1. The molecule has 0 saturated heterocycles. The van der Waals surface area contributed by atoms with Gasteiger partial charge in [-0.25, -0.2) is 0 Å². The second-order valence-electron chi connectivity index (χ2n) is 5.77. The molecule has 0 spiro atoms. The van der Waals surface area contributed by atoms with E-state index in [1.807, 2.05) is 7.05 Å². The lowest BCUT2D eigenvalue weighted by Gasteiger charge is -2.21. The zero-order valence-corrected chi connectivity index (χ0v) is 13.0. The number of aryl methyl sites for hydroxylation is 1. The predicted octanol–water partition coefficient (Wildman–Crippen LogP) is 3.88. The molecule has 0 aromatic heterocycles. The van der Waals surface area contributed by atoms with Gasteiger partial charge in [-0.1, -0.05) is 43.3 Å². The van der Waals surface area contributed by atoms with E-state index in [0.717, 1.165) is 18.6 Å². The van der Waals surface area contributed by atoms with E-state index in [2.05, 4.69) is 61.6 Å². The number of hydrogen-bond acceptors (Lipinski definition) is 2. The topological polar surface area (TPSA) is 21.3 Å². The summed E-state index contributed by atoms with van der Waals surface area (Å²) in [5.74, 6) is 1.05. The Labute approximate surface area is 127 Å². The minimum absolute atomic E-state index is 0.238. The summed E-state index contributed by atoms with van der Waals surface area (Å²) in [6, 6.07) is 15.5. The standard InChI is InChI=1S/C19H23NO/c1-4-14-7-5-6-8-17(14)19(20-3)15-9-10-18-16(12-15)11-13(2)21-18/h5-10,12-13,19-20H,4,11H2,1-3H3. The van der Waals surface area contributed by atoms with Crippen LogP contribution in [-0.2, 0) is 12.8 Å². The van der Waals surface area contributed by atoms with Gasteiger partial charge in [0.05, 0.1) is 6.04 Å². The Morgan fingerprint density at radius 2 is 2.05 bits per heavy atom. The van der Waals surface area contributed by atoms with Gasteiger partial charge in [-0.15, -0.1) is 0 Å². The molecule has 0 aliphatic carbocycles. The Morgan fingerprint density at radius 3 is 2.81 bits per heavy atom. The molecule has 1 aliphatic heterocycles. The molecule has 110 valence electrons. The fourth-order valence-electron chi connectivity index (χ4n) is 3.26. The van der Waals surface area contributed by atoms with E-state index in [4.69, 9.17) is 4.74 Å². The number of nitrogens with one attached hydrogen (secondary N) is 1. The molecule has 2 heteroatoms. The molecule has 1 N–H and O–H groups in total. The fraction of sp³-hybridized carbons (Fsp3) is 0.368. The third-order valence-corrected chi connectivity index (χ3v) is 4.29. The molecular weight excluding hydrogens is 258 g/mol. The zero-order valence-electron chi connectivity index (χ0n) is 13.0. The molecule has 2 aromatic rings. The summed E-state index contributed by atoms with van der Waals surface area (Å²) < 4.78 is 5.81. The number of ether oxygens (including phenoxy) is 1. The van der Waals surface area contributed by atoms with E-state index in [9.17, 15) is 0 Å². The molecular formula is C19H23NO. The number of fused-ring (bicyclic) bond motifs is 1. The van der Waals surface area contributed by atoms with Crippen molar-refractivity contribution < 1.29 is 4.74 Å². The third-order valence-electron chi connectivity index (χ3n) is 4.29. The van der Waals surface area contributed by atoms with Crippen LogP contribution in [0.1, 0.15) is 42.1 Å². The van der Waals surface area contributed by atoms with Crippen molar-refractivity contribution in [2.24, 2.45) is 0 Å². The molecule has 0 saturated carbocycles. The lowest BCUT2D eigenvalue weighted by molar-refractivity contribution is 0.254. The molecule has 0 amide bonds. The summed E-state index contributed by atoms with van der Waals surface area (Å²) >= 11 is 0. The smallest absolute Gasteiger partial charge is 0.123 e. The molecule has 1 heterocycles. The van der Waals surface area contributed by atoms with Gasteiger partial charge in [0.1, 0.15) is 11.9 Å². The van der Waals surface area contributed by atoms with Gasteiger partial charge in [-0.3, -0.25) is 0 Å². The fourth-order valence-corrected chi connectivity index (χ4v) is 3.26. The Morgan fingerprint density at radius 1 is 1.24 bits per heavy atom. The Hall–Kier alpha value is -1.80. The first-order valence-corrected chi connectivity index (χ1v) is 7.77. The van der Waals surface area contributed by atoms with E-state index in [-0.39, 0.29) is 6.04 Å². The maximum absolute atomic E-state index is 5.81. The molecule has 0 bridgehead atoms. The molecule has 1 aliphatic rings. The first-order chi connectivity index (χ1) is 10.2. The van der Waals surface area contributed by atoms with Gasteiger partial charge in [0.15, 0.2) is 0 Å². The SMILES string of the molecule is CCc1ccccc1C(NC)c1ccc2c(c1)CC(C)O2. The molecule has 21 heavy (non-hydrogen) atoms. The van der Waals surface area contributed by atoms with E-state index >= 15 is 0 Å². The number of benzene rings is 2. The summed E-state index contributed by atoms with van der Waals surface area (Å²) in [5, 5.41) is 3.47. The van der Waals surface area contributed by atoms with Crippen LogP contribution in [0.25, 0.3) is 0 Å². The average Bonchev–Trinajstić information content (AvgIpc) is 2.88. The highest BCUT2D eigenvalue weighted by Gasteiger charge is 2.22. The van der Waals surface area contributed by atoms with Gasteiger partial charge in [-0.2, -0.15) is 0 Å². The van der Waals surface area contributed by atoms with Crippen molar-refractivity contribution in [3.8, 4) is 5.75 Å². The highest BCUT2D eigenvalue weighted by molar-refractivity contribution is 5.45. The quantitative estimate of drug-likeness (QED) is 0.918. The highest BCUT2D eigenvalue weighted by atomic mass is 16.5. The Bertz CT molecular complexity index is 635. The monoisotopic (exact) mass is 281 g/mol. The third kappa shape index (κ3) is 2.68.